The fourth-order valence-corrected chi connectivity index (χ4v) is 2.57. The molecule has 1 aliphatic rings. The maximum Gasteiger partial charge on any atom is 0.0726 e. The number of nitrogen functional groups attached to an aromatic ring is 1. The number of nitrogens with two attached hydrogens (primary N) is 1. The summed E-state index contributed by atoms with van der Waals surface area (Å²) in [6.07, 6.45) is 1.60. The standard InChI is InChI=1S/C14H22N2O/c1-4-12-7-13(15)5-6-14(12)16-8-10(2)17-11(3)9-16/h5-7,10-11H,4,8-9,15H2,1-3H3/t10-,11-/m1/s1. The number of anilines is 2. The van der Waals surface area contributed by atoms with Crippen LogP contribution in [0.4, 0.5) is 11.4 Å². The number of hydrogen-bond acceptors (Lipinski definition) is 3. The van der Waals surface area contributed by atoms with E-state index in [0.717, 1.165) is 25.2 Å². The summed E-state index contributed by atoms with van der Waals surface area (Å²) >= 11 is 0. The number of hydrogen-bond donors (Lipinski definition) is 1. The molecule has 1 heterocycles. The molecule has 0 aliphatic carbocycles. The van der Waals surface area contributed by atoms with E-state index >= 15 is 0 Å². The highest BCUT2D eigenvalue weighted by atomic mass is 16.5. The van der Waals surface area contributed by atoms with Gasteiger partial charge in [0.05, 0.1) is 12.2 Å². The fraction of sp³-hybridized carbons (Fsp3) is 0.571. The zero-order chi connectivity index (χ0) is 12.4. The van der Waals surface area contributed by atoms with Gasteiger partial charge < -0.3 is 15.4 Å². The zero-order valence-electron chi connectivity index (χ0n) is 10.9. The predicted molar refractivity (Wildman–Crippen MR) is 72.5 cm³/mol. The minimum atomic E-state index is 0.293. The summed E-state index contributed by atoms with van der Waals surface area (Å²) in [5.74, 6) is 0. The van der Waals surface area contributed by atoms with Crippen molar-refractivity contribution in [3.8, 4) is 0 Å². The van der Waals surface area contributed by atoms with E-state index in [1.165, 1.54) is 11.3 Å². The molecule has 1 aliphatic heterocycles. The summed E-state index contributed by atoms with van der Waals surface area (Å²) in [6.45, 7) is 8.35. The molecule has 0 amide bonds. The van der Waals surface area contributed by atoms with E-state index in [0.29, 0.717) is 12.2 Å². The van der Waals surface area contributed by atoms with Crippen molar-refractivity contribution >= 4 is 11.4 Å². The molecule has 2 rings (SSSR count). The Morgan fingerprint density at radius 1 is 1.29 bits per heavy atom. The van der Waals surface area contributed by atoms with Gasteiger partial charge in [-0.1, -0.05) is 6.92 Å². The molecular weight excluding hydrogens is 212 g/mol. The molecule has 0 spiro atoms. The van der Waals surface area contributed by atoms with Crippen LogP contribution in [0.15, 0.2) is 18.2 Å². The van der Waals surface area contributed by atoms with E-state index in [1.807, 2.05) is 6.07 Å². The lowest BCUT2D eigenvalue weighted by molar-refractivity contribution is -0.00525. The Bertz CT molecular complexity index is 382. The topological polar surface area (TPSA) is 38.5 Å². The highest BCUT2D eigenvalue weighted by molar-refractivity contribution is 5.60. The Morgan fingerprint density at radius 2 is 1.94 bits per heavy atom. The van der Waals surface area contributed by atoms with Gasteiger partial charge in [0.15, 0.2) is 0 Å². The smallest absolute Gasteiger partial charge is 0.0726 e. The molecule has 1 fully saturated rings. The first kappa shape index (κ1) is 12.2. The molecule has 0 bridgehead atoms. The van der Waals surface area contributed by atoms with Crippen molar-refractivity contribution in [2.24, 2.45) is 0 Å². The van der Waals surface area contributed by atoms with Crippen molar-refractivity contribution in [3.63, 3.8) is 0 Å². The van der Waals surface area contributed by atoms with Crippen LogP contribution in [-0.2, 0) is 11.2 Å². The molecule has 0 unspecified atom stereocenters. The molecule has 2 atom stereocenters. The molecule has 0 aromatic heterocycles. The second-order valence-corrected chi connectivity index (χ2v) is 4.90. The van der Waals surface area contributed by atoms with Gasteiger partial charge in [-0.05, 0) is 44.0 Å². The lowest BCUT2D eigenvalue weighted by Gasteiger charge is -2.37. The first-order chi connectivity index (χ1) is 8.10. The second kappa shape index (κ2) is 4.96. The third-order valence-corrected chi connectivity index (χ3v) is 3.24. The Hall–Kier alpha value is -1.22. The van der Waals surface area contributed by atoms with Gasteiger partial charge in [0.1, 0.15) is 0 Å². The lowest BCUT2D eigenvalue weighted by Crippen LogP contribution is -2.45. The molecule has 1 aromatic carbocycles. The van der Waals surface area contributed by atoms with E-state index in [2.05, 4.69) is 37.8 Å². The summed E-state index contributed by atoms with van der Waals surface area (Å²) in [5, 5.41) is 0. The van der Waals surface area contributed by atoms with Crippen molar-refractivity contribution in [2.75, 3.05) is 23.7 Å². The second-order valence-electron chi connectivity index (χ2n) is 4.90. The van der Waals surface area contributed by atoms with Crippen LogP contribution in [0.2, 0.25) is 0 Å². The average molecular weight is 234 g/mol. The minimum Gasteiger partial charge on any atom is -0.399 e. The van der Waals surface area contributed by atoms with Gasteiger partial charge in [-0.15, -0.1) is 0 Å². The molecular formula is C14H22N2O. The quantitative estimate of drug-likeness (QED) is 0.799. The summed E-state index contributed by atoms with van der Waals surface area (Å²) in [7, 11) is 0. The third kappa shape index (κ3) is 2.72. The van der Waals surface area contributed by atoms with Gasteiger partial charge in [0, 0.05) is 24.5 Å². The normalized spacial score (nSPS) is 25.0. The van der Waals surface area contributed by atoms with E-state index in [4.69, 9.17) is 10.5 Å². The highest BCUT2D eigenvalue weighted by Crippen LogP contribution is 2.26. The summed E-state index contributed by atoms with van der Waals surface area (Å²) in [4.78, 5) is 2.41. The molecule has 1 saturated heterocycles. The number of morpholine rings is 1. The monoisotopic (exact) mass is 234 g/mol. The Morgan fingerprint density at radius 3 is 2.53 bits per heavy atom. The maximum absolute atomic E-state index is 5.84. The van der Waals surface area contributed by atoms with Gasteiger partial charge >= 0.3 is 0 Å². The number of benzene rings is 1. The van der Waals surface area contributed by atoms with E-state index < -0.39 is 0 Å². The Balaban J connectivity index is 2.26. The van der Waals surface area contributed by atoms with Crippen molar-refractivity contribution < 1.29 is 4.74 Å². The fourth-order valence-electron chi connectivity index (χ4n) is 2.57. The first-order valence-corrected chi connectivity index (χ1v) is 6.39. The van der Waals surface area contributed by atoms with E-state index in [-0.39, 0.29) is 0 Å². The Kier molecular flexibility index (Phi) is 3.57. The number of nitrogens with zero attached hydrogens (tertiary/aromatic N) is 1. The van der Waals surface area contributed by atoms with Gasteiger partial charge in [-0.2, -0.15) is 0 Å². The number of rotatable bonds is 2. The molecule has 3 nitrogen and oxygen atoms in total. The van der Waals surface area contributed by atoms with Gasteiger partial charge in [0.2, 0.25) is 0 Å². The van der Waals surface area contributed by atoms with Crippen LogP contribution in [0.3, 0.4) is 0 Å². The van der Waals surface area contributed by atoms with Crippen LogP contribution < -0.4 is 10.6 Å². The van der Waals surface area contributed by atoms with Crippen LogP contribution in [0, 0.1) is 0 Å². The minimum absolute atomic E-state index is 0.293. The summed E-state index contributed by atoms with van der Waals surface area (Å²) < 4.78 is 5.77. The van der Waals surface area contributed by atoms with Crippen LogP contribution >= 0.6 is 0 Å². The summed E-state index contributed by atoms with van der Waals surface area (Å²) in [6, 6.07) is 6.21. The highest BCUT2D eigenvalue weighted by Gasteiger charge is 2.23. The molecule has 0 saturated carbocycles. The van der Waals surface area contributed by atoms with Crippen LogP contribution in [0.25, 0.3) is 0 Å². The number of ether oxygens (including phenoxy) is 1. The zero-order valence-corrected chi connectivity index (χ0v) is 10.9. The maximum atomic E-state index is 5.84. The third-order valence-electron chi connectivity index (χ3n) is 3.24. The van der Waals surface area contributed by atoms with Crippen LogP contribution in [-0.4, -0.2) is 25.3 Å². The van der Waals surface area contributed by atoms with Crippen LogP contribution in [0.1, 0.15) is 26.3 Å². The molecule has 1 aromatic rings. The van der Waals surface area contributed by atoms with Crippen molar-refractivity contribution in [1.29, 1.82) is 0 Å². The molecule has 0 radical (unpaired) electrons. The first-order valence-electron chi connectivity index (χ1n) is 6.39. The predicted octanol–water partition coefficient (Wildman–Crippen LogP) is 2.44. The average Bonchev–Trinajstić information content (AvgIpc) is 2.27. The van der Waals surface area contributed by atoms with E-state index in [1.54, 1.807) is 0 Å². The van der Waals surface area contributed by atoms with Crippen LogP contribution in [0.5, 0.6) is 0 Å². The lowest BCUT2D eigenvalue weighted by atomic mass is 10.1. The van der Waals surface area contributed by atoms with Gasteiger partial charge in [-0.3, -0.25) is 0 Å². The molecule has 3 heteroatoms. The molecule has 94 valence electrons. The van der Waals surface area contributed by atoms with Crippen molar-refractivity contribution in [3.05, 3.63) is 23.8 Å². The molecule has 2 N–H and O–H groups in total. The van der Waals surface area contributed by atoms with Crippen molar-refractivity contribution in [1.82, 2.24) is 0 Å². The Labute approximate surface area is 104 Å². The van der Waals surface area contributed by atoms with Crippen molar-refractivity contribution in [2.45, 2.75) is 39.4 Å². The van der Waals surface area contributed by atoms with E-state index in [9.17, 15) is 0 Å². The number of aryl methyl sites for hydroxylation is 1. The van der Waals surface area contributed by atoms with Gasteiger partial charge in [0.25, 0.3) is 0 Å². The SMILES string of the molecule is CCc1cc(N)ccc1N1C[C@@H](C)O[C@H](C)C1. The summed E-state index contributed by atoms with van der Waals surface area (Å²) in [5.41, 5.74) is 9.33. The van der Waals surface area contributed by atoms with Gasteiger partial charge in [-0.25, -0.2) is 0 Å². The molecule has 17 heavy (non-hydrogen) atoms. The largest absolute Gasteiger partial charge is 0.399 e.